The Morgan fingerprint density at radius 2 is 1.73 bits per heavy atom. The summed E-state index contributed by atoms with van der Waals surface area (Å²) in [5.74, 6) is 0.415. The molecule has 0 bridgehead atoms. The molecule has 0 N–H and O–H groups in total. The zero-order valence-corrected chi connectivity index (χ0v) is 18.0. The molecule has 0 spiro atoms. The fourth-order valence-corrected chi connectivity index (χ4v) is 3.83. The molecule has 8 nitrogen and oxygen atoms in total. The molecule has 0 aliphatic carbocycles. The molecule has 33 heavy (non-hydrogen) atoms. The SMILES string of the molecule is COCc1nn2c(nnc3c(=O)n(Cc4ccc(OC)cc4)ccc32)c1-c1ccc(F)cc1. The van der Waals surface area contributed by atoms with Gasteiger partial charge in [-0.15, -0.1) is 10.2 Å². The number of fused-ring (bicyclic) bond motifs is 3. The molecule has 3 aromatic heterocycles. The van der Waals surface area contributed by atoms with Crippen LogP contribution in [0.4, 0.5) is 4.39 Å². The van der Waals surface area contributed by atoms with E-state index < -0.39 is 0 Å². The summed E-state index contributed by atoms with van der Waals surface area (Å²) in [6.45, 7) is 0.611. The van der Waals surface area contributed by atoms with Gasteiger partial charge in [0.1, 0.15) is 17.1 Å². The van der Waals surface area contributed by atoms with Gasteiger partial charge in [-0.25, -0.2) is 8.91 Å². The predicted molar refractivity (Wildman–Crippen MR) is 121 cm³/mol. The van der Waals surface area contributed by atoms with Crippen LogP contribution in [-0.4, -0.2) is 38.6 Å². The van der Waals surface area contributed by atoms with Crippen molar-refractivity contribution in [3.63, 3.8) is 0 Å². The van der Waals surface area contributed by atoms with Gasteiger partial charge in [-0.2, -0.15) is 5.10 Å². The highest BCUT2D eigenvalue weighted by atomic mass is 19.1. The third kappa shape index (κ3) is 3.72. The van der Waals surface area contributed by atoms with Crippen molar-refractivity contribution in [2.45, 2.75) is 13.2 Å². The molecule has 166 valence electrons. The van der Waals surface area contributed by atoms with Crippen LogP contribution >= 0.6 is 0 Å². The topological polar surface area (TPSA) is 83.5 Å². The van der Waals surface area contributed by atoms with Gasteiger partial charge < -0.3 is 14.0 Å². The van der Waals surface area contributed by atoms with Crippen LogP contribution in [0, 0.1) is 5.82 Å². The minimum absolute atomic E-state index is 0.204. The van der Waals surface area contributed by atoms with Gasteiger partial charge in [-0.3, -0.25) is 4.79 Å². The van der Waals surface area contributed by atoms with Crippen LogP contribution in [0.2, 0.25) is 0 Å². The Balaban J connectivity index is 1.63. The zero-order chi connectivity index (χ0) is 22.9. The number of rotatable bonds is 6. The molecule has 0 saturated carbocycles. The van der Waals surface area contributed by atoms with E-state index in [1.807, 2.05) is 24.3 Å². The number of halogens is 1. The van der Waals surface area contributed by atoms with Gasteiger partial charge in [-0.1, -0.05) is 24.3 Å². The summed E-state index contributed by atoms with van der Waals surface area (Å²) in [5.41, 5.74) is 3.92. The molecular formula is C24H20FN5O3. The largest absolute Gasteiger partial charge is 0.497 e. The van der Waals surface area contributed by atoms with E-state index in [2.05, 4.69) is 15.3 Å². The first kappa shape index (κ1) is 20.8. The Kier molecular flexibility index (Phi) is 5.31. The number of aromatic nitrogens is 5. The van der Waals surface area contributed by atoms with Crippen LogP contribution in [0.5, 0.6) is 5.75 Å². The lowest BCUT2D eigenvalue weighted by Crippen LogP contribution is -2.22. The monoisotopic (exact) mass is 445 g/mol. The molecule has 0 radical (unpaired) electrons. The Hall–Kier alpha value is -4.11. The first-order chi connectivity index (χ1) is 16.1. The van der Waals surface area contributed by atoms with Crippen molar-refractivity contribution in [3.05, 3.63) is 88.2 Å². The average molecular weight is 445 g/mol. The van der Waals surface area contributed by atoms with E-state index in [9.17, 15) is 9.18 Å². The van der Waals surface area contributed by atoms with Crippen molar-refractivity contribution in [2.24, 2.45) is 0 Å². The molecule has 0 unspecified atom stereocenters. The van der Waals surface area contributed by atoms with Crippen molar-refractivity contribution in [2.75, 3.05) is 14.2 Å². The fourth-order valence-electron chi connectivity index (χ4n) is 3.83. The zero-order valence-electron chi connectivity index (χ0n) is 18.0. The summed E-state index contributed by atoms with van der Waals surface area (Å²) in [6.07, 6.45) is 1.71. The molecule has 0 aliphatic rings. The minimum Gasteiger partial charge on any atom is -0.497 e. The van der Waals surface area contributed by atoms with Crippen LogP contribution in [0.25, 0.3) is 27.8 Å². The summed E-state index contributed by atoms with van der Waals surface area (Å²) < 4.78 is 27.1. The molecular weight excluding hydrogens is 425 g/mol. The maximum atomic E-state index is 13.5. The van der Waals surface area contributed by atoms with Crippen LogP contribution in [0.1, 0.15) is 11.3 Å². The quantitative estimate of drug-likeness (QED) is 0.398. The van der Waals surface area contributed by atoms with Crippen molar-refractivity contribution in [1.82, 2.24) is 24.4 Å². The van der Waals surface area contributed by atoms with Crippen molar-refractivity contribution >= 4 is 16.7 Å². The number of benzene rings is 2. The number of nitrogens with zero attached hydrogens (tertiary/aromatic N) is 5. The normalized spacial score (nSPS) is 11.4. The van der Waals surface area contributed by atoms with E-state index >= 15 is 0 Å². The van der Waals surface area contributed by atoms with Crippen LogP contribution in [-0.2, 0) is 17.9 Å². The summed E-state index contributed by atoms with van der Waals surface area (Å²) in [6, 6.07) is 15.4. The Labute approximate surface area is 187 Å². The first-order valence-corrected chi connectivity index (χ1v) is 10.2. The highest BCUT2D eigenvalue weighted by Gasteiger charge is 2.19. The first-order valence-electron chi connectivity index (χ1n) is 10.2. The molecule has 3 heterocycles. The fraction of sp³-hybridized carbons (Fsp3) is 0.167. The second-order valence-electron chi connectivity index (χ2n) is 7.53. The van der Waals surface area contributed by atoms with Crippen molar-refractivity contribution in [1.29, 1.82) is 0 Å². The van der Waals surface area contributed by atoms with Gasteiger partial charge in [0.25, 0.3) is 5.56 Å². The van der Waals surface area contributed by atoms with E-state index in [0.29, 0.717) is 29.0 Å². The molecule has 0 amide bonds. The van der Waals surface area contributed by atoms with E-state index in [-0.39, 0.29) is 23.5 Å². The van der Waals surface area contributed by atoms with Crippen molar-refractivity contribution in [3.8, 4) is 16.9 Å². The number of pyridine rings is 1. The van der Waals surface area contributed by atoms with Gasteiger partial charge in [0.15, 0.2) is 11.2 Å². The molecule has 0 atom stereocenters. The lowest BCUT2D eigenvalue weighted by atomic mass is 10.1. The standard InChI is InChI=1S/C24H20FN5O3/c1-32-14-19-21(16-5-7-17(25)8-6-16)23-27-26-22-20(30(23)28-19)11-12-29(24(22)31)13-15-3-9-18(33-2)10-4-15/h3-12H,13-14H2,1-2H3. The number of ether oxygens (including phenoxy) is 2. The Morgan fingerprint density at radius 3 is 2.42 bits per heavy atom. The van der Waals surface area contributed by atoms with Gasteiger partial charge in [0.2, 0.25) is 0 Å². The Bertz CT molecular complexity index is 1510. The summed E-state index contributed by atoms with van der Waals surface area (Å²) in [7, 11) is 3.18. The lowest BCUT2D eigenvalue weighted by Gasteiger charge is -2.08. The second-order valence-corrected chi connectivity index (χ2v) is 7.53. The Morgan fingerprint density at radius 1 is 0.970 bits per heavy atom. The molecule has 2 aromatic carbocycles. The molecule has 5 aromatic rings. The van der Waals surface area contributed by atoms with Gasteiger partial charge in [0.05, 0.1) is 31.5 Å². The lowest BCUT2D eigenvalue weighted by molar-refractivity contribution is 0.181. The summed E-state index contributed by atoms with van der Waals surface area (Å²) in [5, 5.41) is 13.2. The van der Waals surface area contributed by atoms with E-state index in [1.165, 1.54) is 12.1 Å². The average Bonchev–Trinajstić information content (AvgIpc) is 3.20. The minimum atomic E-state index is -0.336. The highest BCUT2D eigenvalue weighted by Crippen LogP contribution is 2.29. The van der Waals surface area contributed by atoms with Gasteiger partial charge >= 0.3 is 0 Å². The summed E-state index contributed by atoms with van der Waals surface area (Å²) >= 11 is 0. The van der Waals surface area contributed by atoms with Crippen LogP contribution < -0.4 is 10.3 Å². The number of hydrogen-bond acceptors (Lipinski definition) is 6. The molecule has 0 fully saturated rings. The molecule has 0 aliphatic heterocycles. The maximum Gasteiger partial charge on any atom is 0.280 e. The van der Waals surface area contributed by atoms with Crippen LogP contribution in [0.15, 0.2) is 65.6 Å². The van der Waals surface area contributed by atoms with E-state index in [0.717, 1.165) is 16.9 Å². The maximum absolute atomic E-state index is 13.5. The second kappa shape index (κ2) is 8.44. The third-order valence-corrected chi connectivity index (χ3v) is 5.45. The number of methoxy groups -OCH3 is 2. The van der Waals surface area contributed by atoms with E-state index in [1.54, 1.807) is 47.7 Å². The molecule has 0 saturated heterocycles. The predicted octanol–water partition coefficient (Wildman–Crippen LogP) is 3.45. The summed E-state index contributed by atoms with van der Waals surface area (Å²) in [4.78, 5) is 13.2. The molecule has 9 heteroatoms. The number of hydrogen-bond donors (Lipinski definition) is 0. The smallest absolute Gasteiger partial charge is 0.280 e. The van der Waals surface area contributed by atoms with E-state index in [4.69, 9.17) is 9.47 Å². The van der Waals surface area contributed by atoms with Gasteiger partial charge in [0, 0.05) is 13.3 Å². The third-order valence-electron chi connectivity index (χ3n) is 5.45. The van der Waals surface area contributed by atoms with Crippen molar-refractivity contribution < 1.29 is 13.9 Å². The highest BCUT2D eigenvalue weighted by molar-refractivity contribution is 5.84. The van der Waals surface area contributed by atoms with Gasteiger partial charge in [-0.05, 0) is 41.5 Å². The van der Waals surface area contributed by atoms with Crippen LogP contribution in [0.3, 0.4) is 0 Å². The molecule has 5 rings (SSSR count).